The molecule has 0 radical (unpaired) electrons. The number of aliphatic carboxylic acids is 1. The lowest BCUT2D eigenvalue weighted by atomic mass is 10.7. The van der Waals surface area contributed by atoms with Crippen LogP contribution in [-0.4, -0.2) is 23.9 Å². The molecular formula is C3H5ClF2O2. The van der Waals surface area contributed by atoms with Crippen LogP contribution in [0.25, 0.3) is 0 Å². The summed E-state index contributed by atoms with van der Waals surface area (Å²) in [7, 11) is 0. The second-order valence-corrected chi connectivity index (χ2v) is 0.639. The highest BCUT2D eigenvalue weighted by molar-refractivity contribution is 6.15. The quantitative estimate of drug-likeness (QED) is 0.565. The largest absolute Gasteiger partial charge is 0.477 e. The van der Waals surface area contributed by atoms with E-state index in [1.165, 1.54) is 6.38 Å². The van der Waals surface area contributed by atoms with E-state index in [1.54, 1.807) is 0 Å². The van der Waals surface area contributed by atoms with E-state index in [0.717, 1.165) is 0 Å². The van der Waals surface area contributed by atoms with Gasteiger partial charge >= 0.3 is 12.4 Å². The van der Waals surface area contributed by atoms with E-state index >= 15 is 0 Å². The van der Waals surface area contributed by atoms with E-state index < -0.39 is 12.4 Å². The van der Waals surface area contributed by atoms with Crippen molar-refractivity contribution in [1.82, 2.24) is 0 Å². The summed E-state index contributed by atoms with van der Waals surface area (Å²) in [5, 5.41) is 7.24. The van der Waals surface area contributed by atoms with Gasteiger partial charge in [0.1, 0.15) is 0 Å². The van der Waals surface area contributed by atoms with Crippen LogP contribution in [0.3, 0.4) is 0 Å². The van der Waals surface area contributed by atoms with Crippen LogP contribution in [0, 0.1) is 0 Å². The Hall–Kier alpha value is -0.380. The molecule has 0 aromatic carbocycles. The molecule has 0 bridgehead atoms. The van der Waals surface area contributed by atoms with Gasteiger partial charge in [0.25, 0.3) is 0 Å². The number of carboxylic acid groups (broad SMARTS) is 1. The molecule has 2 nitrogen and oxygen atoms in total. The molecule has 0 saturated carbocycles. The van der Waals surface area contributed by atoms with Crippen LogP contribution in [0.1, 0.15) is 0 Å². The first-order valence-electron chi connectivity index (χ1n) is 1.53. The van der Waals surface area contributed by atoms with Crippen molar-refractivity contribution in [3.63, 3.8) is 0 Å². The Morgan fingerprint density at radius 2 is 1.75 bits per heavy atom. The van der Waals surface area contributed by atoms with Crippen LogP contribution in [0.4, 0.5) is 8.78 Å². The number of hydrogen-bond donors (Lipinski definition) is 1. The maximum absolute atomic E-state index is 10.6. The Labute approximate surface area is 50.1 Å². The van der Waals surface area contributed by atoms with Gasteiger partial charge in [-0.2, -0.15) is 8.78 Å². The first-order chi connectivity index (χ1) is 3.64. The molecule has 0 rings (SSSR count). The van der Waals surface area contributed by atoms with Gasteiger partial charge < -0.3 is 5.11 Å². The first kappa shape index (κ1) is 10.6. The van der Waals surface area contributed by atoms with E-state index in [1.807, 2.05) is 0 Å². The fourth-order valence-corrected chi connectivity index (χ4v) is 0. The summed E-state index contributed by atoms with van der Waals surface area (Å²) < 4.78 is 21.1. The van der Waals surface area contributed by atoms with Gasteiger partial charge in [-0.3, -0.25) is 0 Å². The molecular weight excluding hydrogens is 141 g/mol. The van der Waals surface area contributed by atoms with Crippen LogP contribution in [-0.2, 0) is 4.79 Å². The molecule has 0 heterocycles. The lowest BCUT2D eigenvalue weighted by Gasteiger charge is -1.81. The van der Waals surface area contributed by atoms with Crippen molar-refractivity contribution in [2.24, 2.45) is 0 Å². The molecule has 0 amide bonds. The zero-order chi connectivity index (χ0) is 7.15. The molecule has 0 fully saturated rings. The van der Waals surface area contributed by atoms with Crippen LogP contribution < -0.4 is 0 Å². The summed E-state index contributed by atoms with van der Waals surface area (Å²) in [6.45, 7) is 0. The average molecular weight is 147 g/mol. The topological polar surface area (TPSA) is 37.3 Å². The zero-order valence-electron chi connectivity index (χ0n) is 4.07. The van der Waals surface area contributed by atoms with Gasteiger partial charge in [-0.15, -0.1) is 11.6 Å². The lowest BCUT2D eigenvalue weighted by Crippen LogP contribution is -2.06. The van der Waals surface area contributed by atoms with E-state index in [0.29, 0.717) is 0 Å². The Kier molecular flexibility index (Phi) is 8.75. The molecule has 8 heavy (non-hydrogen) atoms. The number of alkyl halides is 3. The summed E-state index contributed by atoms with van der Waals surface area (Å²) in [6.07, 6.45) is -1.76. The van der Waals surface area contributed by atoms with Crippen molar-refractivity contribution in [2.45, 2.75) is 6.43 Å². The van der Waals surface area contributed by atoms with E-state index in [2.05, 4.69) is 11.6 Å². The average Bonchev–Trinajstić information content (AvgIpc) is 1.72. The zero-order valence-corrected chi connectivity index (χ0v) is 4.82. The molecule has 0 aliphatic heterocycles. The highest BCUT2D eigenvalue weighted by Crippen LogP contribution is 1.87. The molecule has 0 unspecified atom stereocenters. The molecule has 0 spiro atoms. The van der Waals surface area contributed by atoms with Gasteiger partial charge in [-0.05, 0) is 0 Å². The van der Waals surface area contributed by atoms with Gasteiger partial charge in [0.05, 0.1) is 0 Å². The number of halogens is 3. The molecule has 0 aliphatic carbocycles. The number of hydrogen-bond acceptors (Lipinski definition) is 1. The third-order valence-corrected chi connectivity index (χ3v) is 0.187. The summed E-state index contributed by atoms with van der Waals surface area (Å²) in [5.41, 5.74) is 0. The number of carbonyl (C=O) groups is 1. The Bertz CT molecular complexity index is 66.3. The highest BCUT2D eigenvalue weighted by Gasteiger charge is 2.10. The summed E-state index contributed by atoms with van der Waals surface area (Å²) in [6, 6.07) is 0. The van der Waals surface area contributed by atoms with Crippen molar-refractivity contribution < 1.29 is 18.7 Å². The van der Waals surface area contributed by atoms with Crippen molar-refractivity contribution in [3.05, 3.63) is 0 Å². The maximum atomic E-state index is 10.6. The van der Waals surface area contributed by atoms with Crippen molar-refractivity contribution in [1.29, 1.82) is 0 Å². The second kappa shape index (κ2) is 6.62. The minimum Gasteiger partial charge on any atom is -0.477 e. The minimum absolute atomic E-state index is 1.47. The van der Waals surface area contributed by atoms with E-state index in [-0.39, 0.29) is 0 Å². The van der Waals surface area contributed by atoms with E-state index in [4.69, 9.17) is 9.90 Å². The van der Waals surface area contributed by atoms with Crippen LogP contribution >= 0.6 is 11.6 Å². The molecule has 1 N–H and O–H groups in total. The Morgan fingerprint density at radius 3 is 1.75 bits per heavy atom. The first-order valence-corrected chi connectivity index (χ1v) is 2.29. The molecule has 5 heteroatoms. The number of carboxylic acids is 1. The maximum Gasteiger partial charge on any atom is 0.371 e. The predicted octanol–water partition coefficient (Wildman–Crippen LogP) is 1.19. The van der Waals surface area contributed by atoms with E-state index in [9.17, 15) is 8.78 Å². The minimum atomic E-state index is -3.23. The smallest absolute Gasteiger partial charge is 0.371 e. The Morgan fingerprint density at radius 1 is 1.62 bits per heavy atom. The number of rotatable bonds is 1. The third-order valence-electron chi connectivity index (χ3n) is 0.187. The molecule has 0 aromatic heterocycles. The van der Waals surface area contributed by atoms with Gasteiger partial charge in [0.2, 0.25) is 0 Å². The highest BCUT2D eigenvalue weighted by atomic mass is 35.5. The lowest BCUT2D eigenvalue weighted by molar-refractivity contribution is -0.149. The van der Waals surface area contributed by atoms with Gasteiger partial charge in [-0.25, -0.2) is 4.79 Å². The Balaban J connectivity index is 0. The van der Waals surface area contributed by atoms with Gasteiger partial charge in [-0.1, -0.05) is 0 Å². The van der Waals surface area contributed by atoms with Crippen LogP contribution in [0.5, 0.6) is 0 Å². The normalized spacial score (nSPS) is 7.62. The molecule has 0 saturated heterocycles. The van der Waals surface area contributed by atoms with Crippen molar-refractivity contribution >= 4 is 17.6 Å². The summed E-state index contributed by atoms with van der Waals surface area (Å²) in [5.74, 6) is -2.07. The SMILES string of the molecule is CCl.O=C(O)C(F)F. The van der Waals surface area contributed by atoms with Crippen molar-refractivity contribution in [2.75, 3.05) is 6.38 Å². The van der Waals surface area contributed by atoms with Crippen molar-refractivity contribution in [3.8, 4) is 0 Å². The second-order valence-electron chi connectivity index (χ2n) is 0.639. The standard InChI is InChI=1S/C2H2F2O2.CH3Cl/c3-1(4)2(5)6;1-2/h1H,(H,5,6);1H3. The fraction of sp³-hybridized carbons (Fsp3) is 0.667. The van der Waals surface area contributed by atoms with Gasteiger partial charge in [0.15, 0.2) is 0 Å². The molecule has 0 atom stereocenters. The third kappa shape index (κ3) is 9.15. The molecule has 50 valence electrons. The summed E-state index contributed by atoms with van der Waals surface area (Å²) >= 11 is 4.64. The van der Waals surface area contributed by atoms with Crippen LogP contribution in [0.2, 0.25) is 0 Å². The summed E-state index contributed by atoms with van der Waals surface area (Å²) in [4.78, 5) is 8.95. The van der Waals surface area contributed by atoms with Crippen LogP contribution in [0.15, 0.2) is 0 Å². The molecule has 0 aliphatic rings. The molecule has 0 aromatic rings. The monoisotopic (exact) mass is 146 g/mol. The van der Waals surface area contributed by atoms with Gasteiger partial charge in [0, 0.05) is 6.38 Å². The predicted molar refractivity (Wildman–Crippen MR) is 25.4 cm³/mol. The fourth-order valence-electron chi connectivity index (χ4n) is 0.